The van der Waals surface area contributed by atoms with Gasteiger partial charge in [-0.25, -0.2) is 29.9 Å². The molecular formula is C81H71N23O8. The van der Waals surface area contributed by atoms with E-state index in [0.29, 0.717) is 165 Å². The standard InChI is InChI=1S/C28H25N7O3.C27H23N7O3.C26H23N9O2/c1-3-21(31-25-24(20(29)14-15-30-25)27-34-33-17(2)38-27)26-32-22-13-7-9-18(10-8-16-36)23(22)28(37)35(26)19-11-5-4-6-12-19;1-16(30-24-23(20(28)13-14-29-24)25-31-17(2)37-33-25)26-32-21-12-6-8-18(9-7-15-35)22(21)27(36)34(26)19-10-4-3-5-11-19;1-16(29-23-22(19(27)13-14-28-23)24-31-33-34(2)32-24)25-30-20-12-6-8-17(9-7-15-36)21(20)26(37)35(25)18-10-4-3-5-11-18/h4-7,9,11-15,21,36H,3,16H2,1-2H3,(H3,29,30,31);3-6,8,10-14,16,35H,15H2,1-2H3,(H3,28,29,30);3-6,8,10-14,16,36H,15H2,1-2H3,(H3,27,28,29)/t21-;2*16-/m000/s1. The van der Waals surface area contributed by atoms with Crippen molar-refractivity contribution in [1.29, 1.82) is 0 Å². The number of rotatable bonds is 16. The fourth-order valence-electron chi connectivity index (χ4n) is 12.4. The summed E-state index contributed by atoms with van der Waals surface area (Å²) < 4.78 is 15.5. The van der Waals surface area contributed by atoms with Gasteiger partial charge in [-0.15, -0.1) is 20.4 Å². The van der Waals surface area contributed by atoms with Crippen LogP contribution in [0.2, 0.25) is 0 Å². The van der Waals surface area contributed by atoms with Crippen LogP contribution < -0.4 is 49.8 Å². The lowest BCUT2D eigenvalue weighted by Crippen LogP contribution is -2.28. The average Bonchev–Trinajstić information content (AvgIpc) is 0.974. The molecule has 112 heavy (non-hydrogen) atoms. The monoisotopic (exact) mass is 1490 g/mol. The van der Waals surface area contributed by atoms with E-state index < -0.39 is 18.1 Å². The Hall–Kier alpha value is -15.1. The fraction of sp³-hybridized carbons (Fsp3) is 0.160. The number of aliphatic hydroxyl groups is 3. The van der Waals surface area contributed by atoms with Gasteiger partial charge in [-0.3, -0.25) is 28.1 Å². The average molecular weight is 1490 g/mol. The molecule has 0 saturated carbocycles. The summed E-state index contributed by atoms with van der Waals surface area (Å²) in [6.45, 7) is 8.18. The first-order valence-electron chi connectivity index (χ1n) is 35.0. The predicted octanol–water partition coefficient (Wildman–Crippen LogP) is 8.94. The second-order valence-corrected chi connectivity index (χ2v) is 24.9. The number of aromatic nitrogens is 17. The molecule has 0 aliphatic carbocycles. The zero-order chi connectivity index (χ0) is 78.5. The van der Waals surface area contributed by atoms with Gasteiger partial charge in [-0.05, 0) is 116 Å². The maximum Gasteiger partial charge on any atom is 0.267 e. The maximum absolute atomic E-state index is 14.0. The summed E-state index contributed by atoms with van der Waals surface area (Å²) in [7, 11) is 1.66. The molecule has 12 N–H and O–H groups in total. The van der Waals surface area contributed by atoms with E-state index in [1.165, 1.54) is 4.80 Å². The number of hydrogen-bond acceptors (Lipinski definition) is 27. The van der Waals surface area contributed by atoms with Crippen molar-refractivity contribution in [3.63, 3.8) is 0 Å². The molecule has 558 valence electrons. The molecule has 0 bridgehead atoms. The van der Waals surface area contributed by atoms with E-state index in [1.54, 1.807) is 126 Å². The molecule has 0 radical (unpaired) electrons. The maximum atomic E-state index is 14.0. The quantitative estimate of drug-likeness (QED) is 0.0407. The minimum atomic E-state index is -0.495. The van der Waals surface area contributed by atoms with E-state index in [4.69, 9.17) is 41.1 Å². The summed E-state index contributed by atoms with van der Waals surface area (Å²) in [6, 6.07) is 47.2. The summed E-state index contributed by atoms with van der Waals surface area (Å²) in [5, 5.41) is 63.0. The van der Waals surface area contributed by atoms with Crippen molar-refractivity contribution in [2.75, 3.05) is 53.0 Å². The van der Waals surface area contributed by atoms with Crippen LogP contribution in [0.25, 0.3) is 84.0 Å². The molecule has 9 heterocycles. The van der Waals surface area contributed by atoms with E-state index >= 15 is 0 Å². The van der Waals surface area contributed by atoms with Crippen molar-refractivity contribution in [1.82, 2.24) is 84.2 Å². The summed E-state index contributed by atoms with van der Waals surface area (Å²) in [6.07, 6.45) is 5.30. The zero-order valence-electron chi connectivity index (χ0n) is 61.1. The van der Waals surface area contributed by atoms with Crippen LogP contribution in [0.15, 0.2) is 206 Å². The van der Waals surface area contributed by atoms with Crippen molar-refractivity contribution in [3.05, 3.63) is 259 Å². The molecule has 0 unspecified atom stereocenters. The Bertz CT molecular complexity index is 6130. The zero-order valence-corrected chi connectivity index (χ0v) is 61.1. The van der Waals surface area contributed by atoms with Crippen LogP contribution >= 0.6 is 0 Å². The summed E-state index contributed by atoms with van der Waals surface area (Å²) in [4.78, 5) is 75.6. The molecule has 3 atom stereocenters. The van der Waals surface area contributed by atoms with Gasteiger partial charge in [0.2, 0.25) is 23.4 Å². The summed E-state index contributed by atoms with van der Waals surface area (Å²) in [5.74, 6) is 20.8. The van der Waals surface area contributed by atoms with Crippen LogP contribution in [0.1, 0.15) is 91.3 Å². The predicted molar refractivity (Wildman–Crippen MR) is 424 cm³/mol. The van der Waals surface area contributed by atoms with Crippen molar-refractivity contribution in [3.8, 4) is 86.8 Å². The first-order chi connectivity index (χ1) is 54.5. The van der Waals surface area contributed by atoms with Gasteiger partial charge in [0, 0.05) is 66.2 Å². The molecule has 0 spiro atoms. The van der Waals surface area contributed by atoms with E-state index in [0.717, 1.165) is 0 Å². The number of aryl methyl sites for hydroxylation is 3. The number of anilines is 6. The number of pyridine rings is 3. The minimum absolute atomic E-state index is 0.240. The number of nitrogens with one attached hydrogen (secondary N) is 3. The van der Waals surface area contributed by atoms with Crippen LogP contribution in [-0.4, -0.2) is 119 Å². The van der Waals surface area contributed by atoms with Gasteiger partial charge in [0.1, 0.15) is 60.3 Å². The number of hydrogen-bond donors (Lipinski definition) is 9. The Labute approximate surface area is 638 Å². The topological polar surface area (TPSA) is 440 Å². The molecule has 15 aromatic rings. The molecule has 6 aromatic carbocycles. The fourth-order valence-corrected chi connectivity index (χ4v) is 12.4. The normalized spacial score (nSPS) is 11.7. The third-order valence-corrected chi connectivity index (χ3v) is 17.4. The van der Waals surface area contributed by atoms with E-state index in [2.05, 4.69) is 102 Å². The molecule has 0 fully saturated rings. The van der Waals surface area contributed by atoms with Gasteiger partial charge >= 0.3 is 0 Å². The molecule has 31 nitrogen and oxygen atoms in total. The van der Waals surface area contributed by atoms with Crippen LogP contribution in [0.5, 0.6) is 0 Å². The number of nitrogens with two attached hydrogens (primary N) is 3. The van der Waals surface area contributed by atoms with Gasteiger partial charge < -0.3 is 57.4 Å². The lowest BCUT2D eigenvalue weighted by atomic mass is 10.1. The molecule has 0 saturated heterocycles. The Morgan fingerprint density at radius 2 is 0.866 bits per heavy atom. The third-order valence-electron chi connectivity index (χ3n) is 17.4. The minimum Gasteiger partial charge on any atom is -0.421 e. The van der Waals surface area contributed by atoms with Crippen molar-refractivity contribution >= 4 is 67.2 Å². The highest BCUT2D eigenvalue weighted by atomic mass is 16.5. The van der Waals surface area contributed by atoms with Gasteiger partial charge in [0.05, 0.1) is 86.1 Å². The highest BCUT2D eigenvalue weighted by Crippen LogP contribution is 2.37. The second kappa shape index (κ2) is 33.8. The number of para-hydroxylation sites is 3. The van der Waals surface area contributed by atoms with Gasteiger partial charge in [-0.2, -0.15) is 9.78 Å². The van der Waals surface area contributed by atoms with Crippen LogP contribution in [0, 0.1) is 49.4 Å². The lowest BCUT2D eigenvalue weighted by Gasteiger charge is -2.23. The number of tetrazole rings is 1. The molecule has 15 rings (SSSR count). The first-order valence-corrected chi connectivity index (χ1v) is 35.0. The summed E-state index contributed by atoms with van der Waals surface area (Å²) in [5.41, 5.74) is 25.6. The number of nitrogens with zero attached hydrogens (tertiary/aromatic N) is 17. The van der Waals surface area contributed by atoms with E-state index in [-0.39, 0.29) is 42.4 Å². The number of fused-ring (bicyclic) bond motifs is 3. The molecule has 0 aliphatic heterocycles. The first kappa shape index (κ1) is 75.1. The highest BCUT2D eigenvalue weighted by Gasteiger charge is 2.28. The summed E-state index contributed by atoms with van der Waals surface area (Å²) >= 11 is 0. The van der Waals surface area contributed by atoms with E-state index in [9.17, 15) is 29.7 Å². The van der Waals surface area contributed by atoms with Crippen molar-refractivity contribution < 1.29 is 24.3 Å². The largest absolute Gasteiger partial charge is 0.421 e. The Morgan fingerprint density at radius 3 is 1.24 bits per heavy atom. The molecular weight excluding hydrogens is 1420 g/mol. The molecule has 0 amide bonds. The van der Waals surface area contributed by atoms with Crippen molar-refractivity contribution in [2.24, 2.45) is 7.05 Å². The van der Waals surface area contributed by atoms with Crippen LogP contribution in [-0.2, 0) is 7.05 Å². The smallest absolute Gasteiger partial charge is 0.267 e. The third kappa shape index (κ3) is 15.8. The number of aliphatic hydroxyl groups excluding tert-OH is 3. The van der Waals surface area contributed by atoms with Gasteiger partial charge in [0.25, 0.3) is 22.6 Å². The molecule has 31 heteroatoms. The Balaban J connectivity index is 0.000000147. The van der Waals surface area contributed by atoms with E-state index in [1.807, 2.05) is 112 Å². The lowest BCUT2D eigenvalue weighted by molar-refractivity contribution is 0.350. The van der Waals surface area contributed by atoms with Crippen LogP contribution in [0.3, 0.4) is 0 Å². The van der Waals surface area contributed by atoms with Gasteiger partial charge in [0.15, 0.2) is 0 Å². The molecule has 0 aliphatic rings. The SMILES string of the molecule is CC[C@H](Nc1nccc(N)c1-c1nnc(C)o1)c1nc2cccc(C#CCO)c2c(=O)n1-c1ccccc1.C[C@H](Nc1nccc(N)c1-c1nnn(C)n1)c1nc2cccc(C#CCO)c2c(=O)n1-c1ccccc1.Cc1nc(-c2c(N)ccnc2N[C@@H](C)c2nc3cccc(C#CCO)c3c(=O)n2-c2ccccc2)no1. The van der Waals surface area contributed by atoms with Crippen LogP contribution in [0.4, 0.5) is 34.5 Å². The Kier molecular flexibility index (Phi) is 22.7. The highest BCUT2D eigenvalue weighted by molar-refractivity contribution is 5.89. The number of nitrogen functional groups attached to an aromatic ring is 3. The second-order valence-electron chi connectivity index (χ2n) is 24.9. The number of benzene rings is 6. The van der Waals surface area contributed by atoms with Crippen molar-refractivity contribution in [2.45, 2.75) is 59.2 Å². The Morgan fingerprint density at radius 1 is 0.464 bits per heavy atom. The van der Waals surface area contributed by atoms with Gasteiger partial charge in [-0.1, -0.05) is 120 Å². The molecule has 9 aromatic heterocycles.